The van der Waals surface area contributed by atoms with Crippen LogP contribution in [-0.4, -0.2) is 55.3 Å². The van der Waals surface area contributed by atoms with Crippen molar-refractivity contribution in [1.82, 2.24) is 10.2 Å². The fraction of sp³-hybridized carbons (Fsp3) is 0.731. The van der Waals surface area contributed by atoms with E-state index in [9.17, 15) is 4.79 Å². The molecular formula is C26H40N2O3. The lowest BCUT2D eigenvalue weighted by atomic mass is 9.78. The summed E-state index contributed by atoms with van der Waals surface area (Å²) in [7, 11) is 0. The summed E-state index contributed by atoms with van der Waals surface area (Å²) >= 11 is 0. The third kappa shape index (κ3) is 6.23. The molecule has 1 aromatic carbocycles. The molecule has 0 bridgehead atoms. The van der Waals surface area contributed by atoms with Crippen LogP contribution in [0.5, 0.6) is 5.75 Å². The zero-order chi connectivity index (χ0) is 21.5. The van der Waals surface area contributed by atoms with Crippen LogP contribution >= 0.6 is 0 Å². The van der Waals surface area contributed by atoms with Gasteiger partial charge in [0.25, 0.3) is 0 Å². The molecule has 1 amide bonds. The van der Waals surface area contributed by atoms with Gasteiger partial charge in [0.1, 0.15) is 5.75 Å². The number of carbonyl (C=O) groups is 1. The molecular weight excluding hydrogens is 388 g/mol. The number of rotatable bonds is 7. The summed E-state index contributed by atoms with van der Waals surface area (Å²) in [5.41, 5.74) is 1.39. The van der Waals surface area contributed by atoms with E-state index in [1.165, 1.54) is 18.4 Å². The monoisotopic (exact) mass is 428 g/mol. The third-order valence-corrected chi connectivity index (χ3v) is 7.84. The normalized spacial score (nSPS) is 26.0. The van der Waals surface area contributed by atoms with Crippen molar-refractivity contribution in [3.8, 4) is 5.75 Å². The molecule has 0 aromatic heterocycles. The summed E-state index contributed by atoms with van der Waals surface area (Å²) < 4.78 is 6.03. The van der Waals surface area contributed by atoms with Crippen molar-refractivity contribution in [2.45, 2.75) is 63.7 Å². The molecule has 0 spiro atoms. The average Bonchev–Trinajstić information content (AvgIpc) is 2.84. The van der Waals surface area contributed by atoms with E-state index < -0.39 is 0 Å². The first kappa shape index (κ1) is 22.6. The van der Waals surface area contributed by atoms with Crippen LogP contribution in [0.1, 0.15) is 69.3 Å². The number of amides is 1. The lowest BCUT2D eigenvalue weighted by molar-refractivity contribution is -0.138. The summed E-state index contributed by atoms with van der Waals surface area (Å²) in [4.78, 5) is 15.1. The summed E-state index contributed by atoms with van der Waals surface area (Å²) in [6.07, 6.45) is 9.62. The largest absolute Gasteiger partial charge is 0.493 e. The standard InChI is InChI=1S/C26H40N2O3/c29-18-13-20-11-16-28(17-12-20)26(30)24-3-1-22(2-4-24)23-5-7-25(8-6-23)31-19-21-9-14-27-15-10-21/h5-8,20-22,24,27,29H,1-4,9-19H2. The molecule has 0 atom stereocenters. The van der Waals surface area contributed by atoms with E-state index in [0.29, 0.717) is 23.7 Å². The van der Waals surface area contributed by atoms with Crippen molar-refractivity contribution in [3.05, 3.63) is 29.8 Å². The fourth-order valence-electron chi connectivity index (χ4n) is 5.66. The summed E-state index contributed by atoms with van der Waals surface area (Å²) in [5, 5.41) is 12.5. The zero-order valence-corrected chi connectivity index (χ0v) is 18.9. The molecule has 172 valence electrons. The number of ether oxygens (including phenoxy) is 1. The average molecular weight is 429 g/mol. The number of aliphatic hydroxyl groups excluding tert-OH is 1. The zero-order valence-electron chi connectivity index (χ0n) is 18.9. The van der Waals surface area contributed by atoms with Gasteiger partial charge in [0.15, 0.2) is 0 Å². The highest BCUT2D eigenvalue weighted by atomic mass is 16.5. The molecule has 1 aromatic rings. The Morgan fingerprint density at radius 3 is 2.26 bits per heavy atom. The van der Waals surface area contributed by atoms with Gasteiger partial charge in [-0.15, -0.1) is 0 Å². The van der Waals surface area contributed by atoms with Gasteiger partial charge in [0.2, 0.25) is 5.91 Å². The Hall–Kier alpha value is -1.59. The molecule has 4 rings (SSSR count). The Labute approximate surface area is 187 Å². The lowest BCUT2D eigenvalue weighted by Gasteiger charge is -2.36. The number of piperidine rings is 2. The Balaban J connectivity index is 1.20. The van der Waals surface area contributed by atoms with Crippen LogP contribution in [0.25, 0.3) is 0 Å². The molecule has 2 saturated heterocycles. The fourth-order valence-corrected chi connectivity index (χ4v) is 5.66. The van der Waals surface area contributed by atoms with Crippen LogP contribution in [0, 0.1) is 17.8 Å². The molecule has 0 radical (unpaired) electrons. The van der Waals surface area contributed by atoms with E-state index in [2.05, 4.69) is 34.5 Å². The van der Waals surface area contributed by atoms with Gasteiger partial charge in [-0.25, -0.2) is 0 Å². The van der Waals surface area contributed by atoms with Gasteiger partial charge < -0.3 is 20.1 Å². The third-order valence-electron chi connectivity index (χ3n) is 7.84. The number of carbonyl (C=O) groups excluding carboxylic acids is 1. The molecule has 2 N–H and O–H groups in total. The summed E-state index contributed by atoms with van der Waals surface area (Å²) in [6, 6.07) is 8.72. The van der Waals surface area contributed by atoms with Crippen molar-refractivity contribution < 1.29 is 14.6 Å². The minimum absolute atomic E-state index is 0.207. The van der Waals surface area contributed by atoms with Crippen molar-refractivity contribution in [2.24, 2.45) is 17.8 Å². The number of likely N-dealkylation sites (tertiary alicyclic amines) is 1. The summed E-state index contributed by atoms with van der Waals surface area (Å²) in [5.74, 6) is 3.40. The number of hydrogen-bond donors (Lipinski definition) is 2. The number of hydrogen-bond acceptors (Lipinski definition) is 4. The van der Waals surface area contributed by atoms with Gasteiger partial charge in [-0.05, 0) is 106 Å². The van der Waals surface area contributed by atoms with Gasteiger partial charge >= 0.3 is 0 Å². The SMILES string of the molecule is O=C(C1CCC(c2ccc(OCC3CCNCC3)cc2)CC1)N1CCC(CCO)CC1. The van der Waals surface area contributed by atoms with Crippen molar-refractivity contribution in [2.75, 3.05) is 39.4 Å². The molecule has 1 saturated carbocycles. The maximum absolute atomic E-state index is 13.0. The van der Waals surface area contributed by atoms with E-state index in [1.807, 2.05) is 0 Å². The first-order valence-electron chi connectivity index (χ1n) is 12.6. The highest BCUT2D eigenvalue weighted by Gasteiger charge is 2.31. The topological polar surface area (TPSA) is 61.8 Å². The van der Waals surface area contributed by atoms with Gasteiger partial charge in [0, 0.05) is 25.6 Å². The van der Waals surface area contributed by atoms with Crippen molar-refractivity contribution in [3.63, 3.8) is 0 Å². The molecule has 2 heterocycles. The number of aliphatic hydroxyl groups is 1. The van der Waals surface area contributed by atoms with E-state index in [-0.39, 0.29) is 12.5 Å². The number of nitrogens with zero attached hydrogens (tertiary/aromatic N) is 1. The Morgan fingerprint density at radius 1 is 0.935 bits per heavy atom. The quantitative estimate of drug-likeness (QED) is 0.690. The smallest absolute Gasteiger partial charge is 0.225 e. The second kappa shape index (κ2) is 11.3. The van der Waals surface area contributed by atoms with E-state index in [1.54, 1.807) is 0 Å². The minimum Gasteiger partial charge on any atom is -0.493 e. The molecule has 0 unspecified atom stereocenters. The predicted octanol–water partition coefficient (Wildman–Crippen LogP) is 3.96. The van der Waals surface area contributed by atoms with Crippen LogP contribution in [0.15, 0.2) is 24.3 Å². The molecule has 2 aliphatic heterocycles. The molecule has 1 aliphatic carbocycles. The van der Waals surface area contributed by atoms with Crippen LogP contribution < -0.4 is 10.1 Å². The maximum Gasteiger partial charge on any atom is 0.225 e. The van der Waals surface area contributed by atoms with Crippen molar-refractivity contribution >= 4 is 5.91 Å². The van der Waals surface area contributed by atoms with Crippen LogP contribution in [-0.2, 0) is 4.79 Å². The number of benzene rings is 1. The van der Waals surface area contributed by atoms with Crippen LogP contribution in [0.4, 0.5) is 0 Å². The van der Waals surface area contributed by atoms with Gasteiger partial charge in [-0.1, -0.05) is 12.1 Å². The van der Waals surface area contributed by atoms with E-state index >= 15 is 0 Å². The first-order chi connectivity index (χ1) is 15.2. The Morgan fingerprint density at radius 2 is 1.61 bits per heavy atom. The molecule has 5 nitrogen and oxygen atoms in total. The van der Waals surface area contributed by atoms with Crippen molar-refractivity contribution in [1.29, 1.82) is 0 Å². The van der Waals surface area contributed by atoms with E-state index in [0.717, 1.165) is 83.5 Å². The first-order valence-corrected chi connectivity index (χ1v) is 12.6. The molecule has 5 heteroatoms. The Kier molecular flexibility index (Phi) is 8.26. The van der Waals surface area contributed by atoms with Gasteiger partial charge in [-0.2, -0.15) is 0 Å². The van der Waals surface area contributed by atoms with Gasteiger partial charge in [0.05, 0.1) is 6.61 Å². The Bertz CT molecular complexity index is 670. The highest BCUT2D eigenvalue weighted by Crippen LogP contribution is 2.37. The second-order valence-electron chi connectivity index (χ2n) is 9.90. The maximum atomic E-state index is 13.0. The minimum atomic E-state index is 0.207. The lowest BCUT2D eigenvalue weighted by Crippen LogP contribution is -2.42. The summed E-state index contributed by atoms with van der Waals surface area (Å²) in [6.45, 7) is 5.07. The molecule has 31 heavy (non-hydrogen) atoms. The second-order valence-corrected chi connectivity index (χ2v) is 9.90. The molecule has 3 fully saturated rings. The molecule has 3 aliphatic rings. The number of nitrogens with one attached hydrogen (secondary N) is 1. The van der Waals surface area contributed by atoms with Gasteiger partial charge in [-0.3, -0.25) is 4.79 Å². The van der Waals surface area contributed by atoms with Crippen LogP contribution in [0.3, 0.4) is 0 Å². The predicted molar refractivity (Wildman–Crippen MR) is 123 cm³/mol. The van der Waals surface area contributed by atoms with Crippen LogP contribution in [0.2, 0.25) is 0 Å². The highest BCUT2D eigenvalue weighted by molar-refractivity contribution is 5.79. The van der Waals surface area contributed by atoms with E-state index in [4.69, 9.17) is 9.84 Å².